The van der Waals surface area contributed by atoms with Gasteiger partial charge in [-0.2, -0.15) is 0 Å². The molecule has 0 rings (SSSR count). The van der Waals surface area contributed by atoms with Crippen molar-refractivity contribution in [1.29, 1.82) is 0 Å². The Morgan fingerprint density at radius 3 is 2.00 bits per heavy atom. The minimum absolute atomic E-state index is 0.659. The van der Waals surface area contributed by atoms with Crippen LogP contribution in [0.4, 0.5) is 0 Å². The molecule has 0 heterocycles. The van der Waals surface area contributed by atoms with Gasteiger partial charge in [-0.05, 0) is 30.2 Å². The molecular weight excluding hydrogens is 357 g/mol. The maximum absolute atomic E-state index is 5.46. The first-order valence-electron chi connectivity index (χ1n) is 7.41. The summed E-state index contributed by atoms with van der Waals surface area (Å²) in [6.45, 7) is 8.49. The van der Waals surface area contributed by atoms with Gasteiger partial charge in [-0.1, -0.05) is 35.9 Å². The quantitative estimate of drug-likeness (QED) is 0.251. The average Bonchev–Trinajstić information content (AvgIpc) is 2.43. The van der Waals surface area contributed by atoms with Crippen LogP contribution < -0.4 is 5.32 Å². The van der Waals surface area contributed by atoms with Crippen LogP contribution in [-0.2, 0) is 14.2 Å². The van der Waals surface area contributed by atoms with Crippen LogP contribution in [0.25, 0.3) is 0 Å². The van der Waals surface area contributed by atoms with Gasteiger partial charge in [-0.3, -0.25) is 0 Å². The Morgan fingerprint density at radius 2 is 1.37 bits per heavy atom. The topological polar surface area (TPSA) is 39.7 Å². The van der Waals surface area contributed by atoms with Crippen LogP contribution in [-0.4, -0.2) is 57.2 Å². The van der Waals surface area contributed by atoms with Crippen LogP contribution in [0.2, 0.25) is 0 Å². The van der Waals surface area contributed by atoms with Gasteiger partial charge in [0.2, 0.25) is 0 Å². The maximum Gasteiger partial charge on any atom is 0.0701 e. The van der Waals surface area contributed by atoms with E-state index in [0.717, 1.165) is 32.7 Å². The summed E-state index contributed by atoms with van der Waals surface area (Å²) < 4.78 is 17.5. The molecule has 0 atom stereocenters. The molecule has 0 aliphatic rings. The fraction of sp³-hybridized carbons (Fsp3) is 1.00. The van der Waals surface area contributed by atoms with E-state index in [1.54, 1.807) is 0 Å². The van der Waals surface area contributed by atoms with Crippen molar-refractivity contribution in [2.24, 2.45) is 0 Å². The van der Waals surface area contributed by atoms with Gasteiger partial charge in [0.05, 0.1) is 33.0 Å². The van der Waals surface area contributed by atoms with E-state index >= 15 is 0 Å². The second-order valence-electron chi connectivity index (χ2n) is 4.34. The van der Waals surface area contributed by atoms with Gasteiger partial charge in [0.25, 0.3) is 0 Å². The number of nitrogens with one attached hydrogen (secondary N) is 1. The number of unbranched alkanes of at least 4 members (excludes halogenated alkanes) is 2. The zero-order valence-corrected chi connectivity index (χ0v) is 14.5. The van der Waals surface area contributed by atoms with Gasteiger partial charge in [0, 0.05) is 13.2 Å². The zero-order valence-electron chi connectivity index (χ0n) is 12.3. The molecule has 0 aliphatic heterocycles. The van der Waals surface area contributed by atoms with Crippen LogP contribution >= 0.6 is 22.6 Å². The third kappa shape index (κ3) is 18.6. The van der Waals surface area contributed by atoms with Gasteiger partial charge < -0.3 is 19.5 Å². The van der Waals surface area contributed by atoms with E-state index in [2.05, 4.69) is 34.8 Å². The standard InChI is InChI=1S/C14H30INO3/c1-2-3-9-17-11-13-19-14-12-18-10-8-16-7-5-4-6-15/h16H,2-14H2,1H3. The molecule has 0 aromatic carbocycles. The Hall–Kier alpha value is 0.570. The highest BCUT2D eigenvalue weighted by Gasteiger charge is 1.92. The van der Waals surface area contributed by atoms with Crippen LogP contribution in [0.1, 0.15) is 32.6 Å². The zero-order chi connectivity index (χ0) is 14.0. The Labute approximate surface area is 132 Å². The highest BCUT2D eigenvalue weighted by Crippen LogP contribution is 1.92. The number of hydrogen-bond acceptors (Lipinski definition) is 4. The first-order valence-corrected chi connectivity index (χ1v) is 8.94. The van der Waals surface area contributed by atoms with E-state index in [1.807, 2.05) is 0 Å². The van der Waals surface area contributed by atoms with Crippen molar-refractivity contribution in [3.63, 3.8) is 0 Å². The summed E-state index contributed by atoms with van der Waals surface area (Å²) in [6.07, 6.45) is 4.86. The molecule has 4 nitrogen and oxygen atoms in total. The van der Waals surface area contributed by atoms with Crippen LogP contribution in [0.5, 0.6) is 0 Å². The summed E-state index contributed by atoms with van der Waals surface area (Å²) in [6, 6.07) is 0. The summed E-state index contributed by atoms with van der Waals surface area (Å²) in [5.41, 5.74) is 0. The van der Waals surface area contributed by atoms with E-state index < -0.39 is 0 Å². The van der Waals surface area contributed by atoms with Crippen LogP contribution in [0.3, 0.4) is 0 Å². The lowest BCUT2D eigenvalue weighted by Gasteiger charge is -2.07. The Bertz CT molecular complexity index is 146. The van der Waals surface area contributed by atoms with Gasteiger partial charge in [-0.25, -0.2) is 0 Å². The van der Waals surface area contributed by atoms with Gasteiger partial charge >= 0.3 is 0 Å². The molecule has 0 aliphatic carbocycles. The van der Waals surface area contributed by atoms with Crippen LogP contribution in [0.15, 0.2) is 0 Å². The van der Waals surface area contributed by atoms with Crippen molar-refractivity contribution < 1.29 is 14.2 Å². The largest absolute Gasteiger partial charge is 0.379 e. The van der Waals surface area contributed by atoms with Crippen molar-refractivity contribution in [3.05, 3.63) is 0 Å². The van der Waals surface area contributed by atoms with E-state index in [1.165, 1.54) is 23.7 Å². The van der Waals surface area contributed by atoms with E-state index in [9.17, 15) is 0 Å². The summed E-state index contributed by atoms with van der Waals surface area (Å²) in [7, 11) is 0. The van der Waals surface area contributed by atoms with Crippen molar-refractivity contribution in [3.8, 4) is 0 Å². The Morgan fingerprint density at radius 1 is 0.737 bits per heavy atom. The molecule has 0 aromatic heterocycles. The fourth-order valence-corrected chi connectivity index (χ4v) is 1.94. The molecule has 116 valence electrons. The predicted octanol–water partition coefficient (Wildman–Crippen LogP) is 2.64. The first-order chi connectivity index (χ1) is 9.41. The number of halogens is 1. The molecule has 19 heavy (non-hydrogen) atoms. The van der Waals surface area contributed by atoms with Crippen molar-refractivity contribution in [1.82, 2.24) is 5.32 Å². The predicted molar refractivity (Wildman–Crippen MR) is 88.4 cm³/mol. The summed E-state index contributed by atoms with van der Waals surface area (Å²) in [5.74, 6) is 0. The number of hydrogen-bond donors (Lipinski definition) is 1. The minimum Gasteiger partial charge on any atom is -0.379 e. The van der Waals surface area contributed by atoms with E-state index in [-0.39, 0.29) is 0 Å². The van der Waals surface area contributed by atoms with Crippen molar-refractivity contribution in [2.45, 2.75) is 32.6 Å². The Balaban J connectivity index is 2.88. The number of ether oxygens (including phenoxy) is 3. The number of rotatable bonds is 16. The highest BCUT2D eigenvalue weighted by atomic mass is 127. The minimum atomic E-state index is 0.659. The molecule has 0 saturated carbocycles. The maximum atomic E-state index is 5.46. The van der Waals surface area contributed by atoms with E-state index in [4.69, 9.17) is 14.2 Å². The van der Waals surface area contributed by atoms with Crippen LogP contribution in [0, 0.1) is 0 Å². The SMILES string of the molecule is CCCCOCCOCCOCCNCCCCI. The Kier molecular flexibility index (Phi) is 19.1. The third-order valence-corrected chi connectivity index (χ3v) is 3.31. The van der Waals surface area contributed by atoms with Crippen molar-refractivity contribution in [2.75, 3.05) is 57.2 Å². The summed E-state index contributed by atoms with van der Waals surface area (Å²) in [5, 5.41) is 3.36. The second kappa shape index (κ2) is 18.6. The molecule has 0 fully saturated rings. The molecule has 0 unspecified atom stereocenters. The molecule has 5 heteroatoms. The van der Waals surface area contributed by atoms with E-state index in [0.29, 0.717) is 26.4 Å². The average molecular weight is 387 g/mol. The number of alkyl halides is 1. The molecular formula is C14H30INO3. The molecule has 0 amide bonds. The second-order valence-corrected chi connectivity index (χ2v) is 5.42. The monoisotopic (exact) mass is 387 g/mol. The molecule has 0 radical (unpaired) electrons. The first kappa shape index (κ1) is 19.6. The summed E-state index contributed by atoms with van der Waals surface area (Å²) >= 11 is 2.41. The lowest BCUT2D eigenvalue weighted by Crippen LogP contribution is -2.22. The lowest BCUT2D eigenvalue weighted by atomic mass is 10.3. The molecule has 0 aromatic rings. The smallest absolute Gasteiger partial charge is 0.0701 e. The van der Waals surface area contributed by atoms with Gasteiger partial charge in [0.1, 0.15) is 0 Å². The highest BCUT2D eigenvalue weighted by molar-refractivity contribution is 14.1. The molecule has 0 saturated heterocycles. The fourth-order valence-electron chi connectivity index (χ4n) is 1.40. The van der Waals surface area contributed by atoms with Crippen molar-refractivity contribution >= 4 is 22.6 Å². The molecule has 1 N–H and O–H groups in total. The van der Waals surface area contributed by atoms with Gasteiger partial charge in [0.15, 0.2) is 0 Å². The van der Waals surface area contributed by atoms with Gasteiger partial charge in [-0.15, -0.1) is 0 Å². The molecule has 0 spiro atoms. The normalized spacial score (nSPS) is 11.1. The third-order valence-electron chi connectivity index (χ3n) is 2.55. The summed E-state index contributed by atoms with van der Waals surface area (Å²) in [4.78, 5) is 0. The molecule has 0 bridgehead atoms. The lowest BCUT2D eigenvalue weighted by molar-refractivity contribution is 0.0147.